The molecule has 1 aromatic heterocycles. The average Bonchev–Trinajstić information content (AvgIpc) is 2.79. The molecule has 0 radical (unpaired) electrons. The highest BCUT2D eigenvalue weighted by Gasteiger charge is 2.51. The SMILES string of the molecule is C[C@H](Cc1ccc(C(C)(F)F)cn1)CN1CCC2(C1)CS(=O)(=O)C2. The zero-order valence-electron chi connectivity index (χ0n) is 14.1. The lowest BCUT2D eigenvalue weighted by Crippen LogP contribution is -2.50. The van der Waals surface area contributed by atoms with Gasteiger partial charge in [-0.1, -0.05) is 6.92 Å². The number of hydrogen-bond donors (Lipinski definition) is 0. The lowest BCUT2D eigenvalue weighted by molar-refractivity contribution is 0.0171. The first-order valence-corrected chi connectivity index (χ1v) is 10.2. The van der Waals surface area contributed by atoms with Crippen LogP contribution in [-0.2, 0) is 22.2 Å². The Hall–Kier alpha value is -1.08. The van der Waals surface area contributed by atoms with Crippen LogP contribution in [0.3, 0.4) is 0 Å². The Kier molecular flexibility index (Phi) is 4.45. The number of pyridine rings is 1. The second-order valence-corrected chi connectivity index (χ2v) is 9.82. The number of alkyl halides is 2. The Bertz CT molecular complexity index is 686. The third-order valence-electron chi connectivity index (χ3n) is 5.03. The average molecular weight is 358 g/mol. The van der Waals surface area contributed by atoms with Gasteiger partial charge in [-0.15, -0.1) is 0 Å². The normalized spacial score (nSPS) is 24.0. The summed E-state index contributed by atoms with van der Waals surface area (Å²) in [4.78, 5) is 6.48. The van der Waals surface area contributed by atoms with E-state index < -0.39 is 15.8 Å². The van der Waals surface area contributed by atoms with Gasteiger partial charge in [0.05, 0.1) is 11.5 Å². The van der Waals surface area contributed by atoms with Gasteiger partial charge in [0.15, 0.2) is 9.84 Å². The molecular formula is C17H24F2N2O2S. The molecule has 24 heavy (non-hydrogen) atoms. The van der Waals surface area contributed by atoms with Crippen molar-refractivity contribution < 1.29 is 17.2 Å². The standard InChI is InChI=1S/C17H24F2N2O2S/c1-13(7-15-4-3-14(8-20-15)16(2,18)19)9-21-6-5-17(10-21)11-24(22,23)12-17/h3-4,8,13H,5-7,9-12H2,1-2H3/t13-/m1/s1. The highest BCUT2D eigenvalue weighted by molar-refractivity contribution is 7.92. The second-order valence-electron chi connectivity index (χ2n) is 7.75. The molecule has 0 amide bonds. The van der Waals surface area contributed by atoms with Gasteiger partial charge in [-0.3, -0.25) is 4.98 Å². The number of aromatic nitrogens is 1. The second kappa shape index (κ2) is 6.02. The zero-order valence-corrected chi connectivity index (χ0v) is 15.0. The first kappa shape index (κ1) is 17.7. The summed E-state index contributed by atoms with van der Waals surface area (Å²) in [6, 6.07) is 3.12. The molecule has 3 heterocycles. The van der Waals surface area contributed by atoms with Crippen molar-refractivity contribution in [3.63, 3.8) is 0 Å². The summed E-state index contributed by atoms with van der Waals surface area (Å²) in [6.07, 6.45) is 2.95. The highest BCUT2D eigenvalue weighted by Crippen LogP contribution is 2.41. The van der Waals surface area contributed by atoms with E-state index in [2.05, 4.69) is 16.8 Å². The molecule has 0 aromatic carbocycles. The Morgan fingerprint density at radius 3 is 2.62 bits per heavy atom. The van der Waals surface area contributed by atoms with Gasteiger partial charge in [-0.2, -0.15) is 0 Å². The number of likely N-dealkylation sites (tertiary alicyclic amines) is 1. The van der Waals surface area contributed by atoms with Crippen LogP contribution in [-0.4, -0.2) is 49.4 Å². The van der Waals surface area contributed by atoms with Crippen LogP contribution in [0.25, 0.3) is 0 Å². The van der Waals surface area contributed by atoms with Crippen LogP contribution in [0.5, 0.6) is 0 Å². The Balaban J connectivity index is 1.50. The van der Waals surface area contributed by atoms with Crippen LogP contribution < -0.4 is 0 Å². The molecule has 2 aliphatic rings. The van der Waals surface area contributed by atoms with E-state index in [0.29, 0.717) is 17.4 Å². The van der Waals surface area contributed by atoms with E-state index in [-0.39, 0.29) is 11.0 Å². The lowest BCUT2D eigenvalue weighted by atomic mass is 9.91. The molecule has 2 aliphatic heterocycles. The molecule has 0 aliphatic carbocycles. The largest absolute Gasteiger partial charge is 0.302 e. The number of nitrogens with zero attached hydrogens (tertiary/aromatic N) is 2. The topological polar surface area (TPSA) is 50.3 Å². The lowest BCUT2D eigenvalue weighted by Gasteiger charge is -2.37. The van der Waals surface area contributed by atoms with Crippen molar-refractivity contribution in [3.8, 4) is 0 Å². The summed E-state index contributed by atoms with van der Waals surface area (Å²) in [5.74, 6) is -1.85. The van der Waals surface area contributed by atoms with Crippen molar-refractivity contribution in [2.45, 2.75) is 32.6 Å². The molecule has 2 saturated heterocycles. The summed E-state index contributed by atoms with van der Waals surface area (Å²) in [6.45, 7) is 5.66. The van der Waals surface area contributed by atoms with Crippen molar-refractivity contribution in [1.29, 1.82) is 0 Å². The molecule has 0 N–H and O–H groups in total. The van der Waals surface area contributed by atoms with Crippen molar-refractivity contribution in [3.05, 3.63) is 29.6 Å². The predicted molar refractivity (Wildman–Crippen MR) is 88.8 cm³/mol. The molecule has 0 unspecified atom stereocenters. The van der Waals surface area contributed by atoms with Gasteiger partial charge in [-0.05, 0) is 37.4 Å². The molecule has 3 rings (SSSR count). The molecule has 1 atom stereocenters. The predicted octanol–water partition coefficient (Wildman–Crippen LogP) is 2.49. The molecular weight excluding hydrogens is 334 g/mol. The Labute approximate surface area is 142 Å². The van der Waals surface area contributed by atoms with Gasteiger partial charge in [0.1, 0.15) is 0 Å². The first-order valence-electron chi connectivity index (χ1n) is 8.33. The van der Waals surface area contributed by atoms with E-state index in [1.54, 1.807) is 6.07 Å². The van der Waals surface area contributed by atoms with Gasteiger partial charge in [-0.25, -0.2) is 17.2 Å². The Morgan fingerprint density at radius 1 is 1.38 bits per heavy atom. The molecule has 0 saturated carbocycles. The van der Waals surface area contributed by atoms with Crippen LogP contribution in [0.4, 0.5) is 8.78 Å². The maximum Gasteiger partial charge on any atom is 0.272 e. The molecule has 1 aromatic rings. The summed E-state index contributed by atoms with van der Waals surface area (Å²) < 4.78 is 49.3. The van der Waals surface area contributed by atoms with Gasteiger partial charge < -0.3 is 4.90 Å². The molecule has 1 spiro atoms. The highest BCUT2D eigenvalue weighted by atomic mass is 32.2. The minimum absolute atomic E-state index is 0.00877. The van der Waals surface area contributed by atoms with Crippen LogP contribution in [0.2, 0.25) is 0 Å². The first-order chi connectivity index (χ1) is 11.1. The summed E-state index contributed by atoms with van der Waals surface area (Å²) >= 11 is 0. The van der Waals surface area contributed by atoms with E-state index in [4.69, 9.17) is 0 Å². The van der Waals surface area contributed by atoms with Crippen LogP contribution in [0, 0.1) is 11.3 Å². The van der Waals surface area contributed by atoms with E-state index in [1.165, 1.54) is 12.3 Å². The minimum atomic E-state index is -2.86. The third kappa shape index (κ3) is 3.94. The van der Waals surface area contributed by atoms with E-state index in [1.807, 2.05) is 0 Å². The summed E-state index contributed by atoms with van der Waals surface area (Å²) in [5, 5.41) is 0. The van der Waals surface area contributed by atoms with E-state index in [9.17, 15) is 17.2 Å². The summed E-state index contributed by atoms with van der Waals surface area (Å²) in [5.41, 5.74) is 0.743. The molecule has 134 valence electrons. The molecule has 2 fully saturated rings. The van der Waals surface area contributed by atoms with Gasteiger partial charge in [0, 0.05) is 42.9 Å². The van der Waals surface area contributed by atoms with Gasteiger partial charge in [0.25, 0.3) is 5.92 Å². The number of halogens is 2. The fourth-order valence-electron chi connectivity index (χ4n) is 3.98. The monoisotopic (exact) mass is 358 g/mol. The van der Waals surface area contributed by atoms with E-state index in [0.717, 1.165) is 45.1 Å². The van der Waals surface area contributed by atoms with Crippen molar-refractivity contribution in [1.82, 2.24) is 9.88 Å². The summed E-state index contributed by atoms with van der Waals surface area (Å²) in [7, 11) is -2.79. The van der Waals surface area contributed by atoms with Crippen LogP contribution in [0.15, 0.2) is 18.3 Å². The number of hydrogen-bond acceptors (Lipinski definition) is 4. The van der Waals surface area contributed by atoms with Crippen LogP contribution >= 0.6 is 0 Å². The maximum absolute atomic E-state index is 13.2. The fourth-order valence-corrected chi connectivity index (χ4v) is 6.23. The molecule has 7 heteroatoms. The van der Waals surface area contributed by atoms with Gasteiger partial charge in [0.2, 0.25) is 0 Å². The smallest absolute Gasteiger partial charge is 0.272 e. The van der Waals surface area contributed by atoms with E-state index >= 15 is 0 Å². The van der Waals surface area contributed by atoms with Crippen molar-refractivity contribution >= 4 is 9.84 Å². The minimum Gasteiger partial charge on any atom is -0.302 e. The third-order valence-corrected chi connectivity index (χ3v) is 7.13. The fraction of sp³-hybridized carbons (Fsp3) is 0.706. The molecule has 0 bridgehead atoms. The van der Waals surface area contributed by atoms with Gasteiger partial charge >= 0.3 is 0 Å². The van der Waals surface area contributed by atoms with Crippen LogP contribution in [0.1, 0.15) is 31.5 Å². The molecule has 4 nitrogen and oxygen atoms in total. The number of rotatable bonds is 5. The zero-order chi connectivity index (χ0) is 17.6. The maximum atomic E-state index is 13.2. The van der Waals surface area contributed by atoms with Crippen molar-refractivity contribution in [2.24, 2.45) is 11.3 Å². The number of sulfone groups is 1. The quantitative estimate of drug-likeness (QED) is 0.811. The Morgan fingerprint density at radius 2 is 2.08 bits per heavy atom. The van der Waals surface area contributed by atoms with Crippen molar-refractivity contribution in [2.75, 3.05) is 31.1 Å².